The lowest BCUT2D eigenvalue weighted by molar-refractivity contribution is -0.131. The minimum atomic E-state index is -0.326. The van der Waals surface area contributed by atoms with E-state index in [1.807, 2.05) is 11.9 Å². The minimum absolute atomic E-state index is 0.102. The summed E-state index contributed by atoms with van der Waals surface area (Å²) in [5.74, 6) is 0.578. The Morgan fingerprint density at radius 1 is 0.909 bits per heavy atom. The van der Waals surface area contributed by atoms with Crippen molar-refractivity contribution in [3.63, 3.8) is 0 Å². The summed E-state index contributed by atoms with van der Waals surface area (Å²) < 4.78 is 0. The fourth-order valence-electron chi connectivity index (χ4n) is 2.84. The molecule has 1 amide bonds. The number of hydrogen-bond acceptors (Lipinski definition) is 2. The van der Waals surface area contributed by atoms with Gasteiger partial charge in [0.2, 0.25) is 5.91 Å². The predicted molar refractivity (Wildman–Crippen MR) is 96.9 cm³/mol. The van der Waals surface area contributed by atoms with Crippen LogP contribution in [0.1, 0.15) is 91.4 Å². The van der Waals surface area contributed by atoms with E-state index >= 15 is 0 Å². The van der Waals surface area contributed by atoms with E-state index in [-0.39, 0.29) is 11.9 Å². The number of rotatable bonds is 14. The van der Waals surface area contributed by atoms with Crippen molar-refractivity contribution in [1.82, 2.24) is 4.90 Å². The third kappa shape index (κ3) is 12.0. The predicted octanol–water partition coefficient (Wildman–Crippen LogP) is 4.74. The van der Waals surface area contributed by atoms with Gasteiger partial charge in [0.25, 0.3) is 0 Å². The van der Waals surface area contributed by atoms with E-state index in [9.17, 15) is 4.79 Å². The quantitative estimate of drug-likeness (QED) is 0.471. The molecular weight excluding hydrogens is 272 g/mol. The SMILES string of the molecule is CCCCCCCCCCCCN(C)C(=O)C(N)CC(C)C. The highest BCUT2D eigenvalue weighted by Gasteiger charge is 2.18. The van der Waals surface area contributed by atoms with Crippen LogP contribution in [-0.2, 0) is 4.79 Å². The Bertz CT molecular complexity index is 266. The van der Waals surface area contributed by atoms with Crippen LogP contribution in [-0.4, -0.2) is 30.4 Å². The van der Waals surface area contributed by atoms with E-state index < -0.39 is 0 Å². The van der Waals surface area contributed by atoms with Crippen molar-refractivity contribution in [2.75, 3.05) is 13.6 Å². The molecule has 0 heterocycles. The first-order valence-corrected chi connectivity index (χ1v) is 9.49. The highest BCUT2D eigenvalue weighted by Crippen LogP contribution is 2.11. The van der Waals surface area contributed by atoms with Gasteiger partial charge in [-0.3, -0.25) is 4.79 Å². The van der Waals surface area contributed by atoms with Crippen LogP contribution in [0.2, 0.25) is 0 Å². The molecule has 0 aliphatic carbocycles. The molecule has 1 unspecified atom stereocenters. The van der Waals surface area contributed by atoms with Gasteiger partial charge in [-0.05, 0) is 18.8 Å². The molecule has 0 rings (SSSR count). The smallest absolute Gasteiger partial charge is 0.239 e. The van der Waals surface area contributed by atoms with E-state index in [1.165, 1.54) is 57.8 Å². The van der Waals surface area contributed by atoms with Crippen molar-refractivity contribution >= 4 is 5.91 Å². The molecule has 0 bridgehead atoms. The number of amides is 1. The van der Waals surface area contributed by atoms with Gasteiger partial charge in [-0.25, -0.2) is 0 Å². The molecule has 0 aliphatic heterocycles. The molecule has 0 radical (unpaired) electrons. The van der Waals surface area contributed by atoms with Crippen LogP contribution in [0.3, 0.4) is 0 Å². The van der Waals surface area contributed by atoms with Crippen LogP contribution in [0.25, 0.3) is 0 Å². The second-order valence-corrected chi connectivity index (χ2v) is 7.18. The number of unbranched alkanes of at least 4 members (excludes halogenated alkanes) is 9. The highest BCUT2D eigenvalue weighted by molar-refractivity contribution is 5.81. The molecule has 1 atom stereocenters. The molecule has 0 spiro atoms. The first-order valence-electron chi connectivity index (χ1n) is 9.49. The molecule has 3 nitrogen and oxygen atoms in total. The molecule has 0 aromatic rings. The molecule has 0 saturated carbocycles. The van der Waals surface area contributed by atoms with E-state index in [4.69, 9.17) is 5.73 Å². The summed E-state index contributed by atoms with van der Waals surface area (Å²) in [5.41, 5.74) is 5.95. The average Bonchev–Trinajstić information content (AvgIpc) is 2.47. The van der Waals surface area contributed by atoms with E-state index in [0.717, 1.165) is 19.4 Å². The lowest BCUT2D eigenvalue weighted by atomic mass is 10.0. The summed E-state index contributed by atoms with van der Waals surface area (Å²) in [6, 6.07) is -0.326. The fourth-order valence-corrected chi connectivity index (χ4v) is 2.84. The van der Waals surface area contributed by atoms with Crippen molar-refractivity contribution in [3.05, 3.63) is 0 Å². The lowest BCUT2D eigenvalue weighted by Gasteiger charge is -2.22. The summed E-state index contributed by atoms with van der Waals surface area (Å²) in [6.07, 6.45) is 14.0. The van der Waals surface area contributed by atoms with Gasteiger partial charge < -0.3 is 10.6 Å². The Labute approximate surface area is 139 Å². The third-order valence-corrected chi connectivity index (χ3v) is 4.27. The largest absolute Gasteiger partial charge is 0.344 e. The van der Waals surface area contributed by atoms with Gasteiger partial charge in [-0.15, -0.1) is 0 Å². The molecule has 22 heavy (non-hydrogen) atoms. The fraction of sp³-hybridized carbons (Fsp3) is 0.947. The molecule has 0 aliphatic rings. The molecule has 2 N–H and O–H groups in total. The zero-order valence-corrected chi connectivity index (χ0v) is 15.6. The van der Waals surface area contributed by atoms with Gasteiger partial charge in [-0.2, -0.15) is 0 Å². The second-order valence-electron chi connectivity index (χ2n) is 7.18. The number of nitrogens with two attached hydrogens (primary N) is 1. The van der Waals surface area contributed by atoms with E-state index in [0.29, 0.717) is 5.92 Å². The number of carbonyl (C=O) groups excluding carboxylic acids is 1. The van der Waals surface area contributed by atoms with Crippen LogP contribution in [0.4, 0.5) is 0 Å². The van der Waals surface area contributed by atoms with Crippen molar-refractivity contribution in [2.24, 2.45) is 11.7 Å². The van der Waals surface area contributed by atoms with E-state index in [1.54, 1.807) is 0 Å². The first-order chi connectivity index (χ1) is 10.5. The van der Waals surface area contributed by atoms with Gasteiger partial charge >= 0.3 is 0 Å². The maximum absolute atomic E-state index is 12.1. The molecule has 0 aromatic carbocycles. The number of likely N-dealkylation sites (N-methyl/N-ethyl adjacent to an activating group) is 1. The maximum atomic E-state index is 12.1. The molecule has 132 valence electrons. The molecule has 3 heteroatoms. The van der Waals surface area contributed by atoms with Gasteiger partial charge in [0.15, 0.2) is 0 Å². The third-order valence-electron chi connectivity index (χ3n) is 4.27. The van der Waals surface area contributed by atoms with Crippen molar-refractivity contribution in [2.45, 2.75) is 97.4 Å². The Kier molecular flexibility index (Phi) is 13.7. The summed E-state index contributed by atoms with van der Waals surface area (Å²) in [5, 5.41) is 0. The zero-order chi connectivity index (χ0) is 16.8. The highest BCUT2D eigenvalue weighted by atomic mass is 16.2. The second kappa shape index (κ2) is 14.0. The number of hydrogen-bond donors (Lipinski definition) is 1. The molecule has 0 fully saturated rings. The normalized spacial score (nSPS) is 12.6. The molecule has 0 aromatic heterocycles. The maximum Gasteiger partial charge on any atom is 0.239 e. The van der Waals surface area contributed by atoms with Crippen molar-refractivity contribution < 1.29 is 4.79 Å². The van der Waals surface area contributed by atoms with Crippen LogP contribution in [0.15, 0.2) is 0 Å². The van der Waals surface area contributed by atoms with Crippen LogP contribution in [0.5, 0.6) is 0 Å². The van der Waals surface area contributed by atoms with Gasteiger partial charge in [0, 0.05) is 13.6 Å². The molecule has 0 saturated heterocycles. The Balaban J connectivity index is 3.48. The van der Waals surface area contributed by atoms with Crippen molar-refractivity contribution in [1.29, 1.82) is 0 Å². The van der Waals surface area contributed by atoms with Gasteiger partial charge in [0.05, 0.1) is 6.04 Å². The van der Waals surface area contributed by atoms with E-state index in [2.05, 4.69) is 20.8 Å². The summed E-state index contributed by atoms with van der Waals surface area (Å²) in [7, 11) is 1.89. The number of nitrogens with zero attached hydrogens (tertiary/aromatic N) is 1. The molecular formula is C19H40N2O. The van der Waals surface area contributed by atoms with Gasteiger partial charge in [-0.1, -0.05) is 78.6 Å². The van der Waals surface area contributed by atoms with Crippen molar-refractivity contribution in [3.8, 4) is 0 Å². The standard InChI is InChI=1S/C19H40N2O/c1-5-6-7-8-9-10-11-12-13-14-15-21(4)19(22)18(20)16-17(2)3/h17-18H,5-16,20H2,1-4H3. The first kappa shape index (κ1) is 21.4. The monoisotopic (exact) mass is 312 g/mol. The van der Waals surface area contributed by atoms with Crippen LogP contribution >= 0.6 is 0 Å². The Morgan fingerprint density at radius 2 is 1.36 bits per heavy atom. The topological polar surface area (TPSA) is 46.3 Å². The average molecular weight is 313 g/mol. The van der Waals surface area contributed by atoms with Crippen LogP contribution < -0.4 is 5.73 Å². The zero-order valence-electron chi connectivity index (χ0n) is 15.6. The Morgan fingerprint density at radius 3 is 1.82 bits per heavy atom. The van der Waals surface area contributed by atoms with Gasteiger partial charge in [0.1, 0.15) is 0 Å². The Hall–Kier alpha value is -0.570. The lowest BCUT2D eigenvalue weighted by Crippen LogP contribution is -2.42. The van der Waals surface area contributed by atoms with Crippen LogP contribution in [0, 0.1) is 5.92 Å². The minimum Gasteiger partial charge on any atom is -0.344 e. The summed E-state index contributed by atoms with van der Waals surface area (Å²) >= 11 is 0. The summed E-state index contributed by atoms with van der Waals surface area (Å²) in [4.78, 5) is 13.9. The number of carbonyl (C=O) groups is 1. The summed E-state index contributed by atoms with van der Waals surface area (Å²) in [6.45, 7) is 7.32.